The van der Waals surface area contributed by atoms with Crippen LogP contribution in [0.15, 0.2) is 12.2 Å². The van der Waals surface area contributed by atoms with Gasteiger partial charge in [-0.2, -0.15) is 8.78 Å². The summed E-state index contributed by atoms with van der Waals surface area (Å²) in [6.07, 6.45) is 2.26. The quantitative estimate of drug-likeness (QED) is 0.427. The van der Waals surface area contributed by atoms with Crippen LogP contribution in [-0.2, 0) is 14.3 Å². The molecule has 0 bridgehead atoms. The van der Waals surface area contributed by atoms with E-state index in [1.54, 1.807) is 6.92 Å². The molecule has 1 unspecified atom stereocenters. The number of hydrogen-bond acceptors (Lipinski definition) is 3. The van der Waals surface area contributed by atoms with Gasteiger partial charge in [-0.15, -0.1) is 0 Å². The Morgan fingerprint density at radius 3 is 2.29 bits per heavy atom. The van der Waals surface area contributed by atoms with E-state index in [0.29, 0.717) is 18.9 Å². The van der Waals surface area contributed by atoms with Crippen LogP contribution in [0.1, 0.15) is 26.7 Å². The maximum Gasteiger partial charge on any atom is 0.381 e. The zero-order valence-corrected chi connectivity index (χ0v) is 13.7. The highest BCUT2D eigenvalue weighted by Gasteiger charge is 2.38. The molecule has 0 aliphatic carbocycles. The van der Waals surface area contributed by atoms with Gasteiger partial charge < -0.3 is 10.1 Å². The lowest BCUT2D eigenvalue weighted by molar-refractivity contribution is -0.164. The van der Waals surface area contributed by atoms with Crippen LogP contribution in [0.5, 0.6) is 0 Å². The predicted octanol–water partition coefficient (Wildman–Crippen LogP) is 3.40. The van der Waals surface area contributed by atoms with Crippen LogP contribution in [0.4, 0.5) is 8.78 Å². The Kier molecular flexibility index (Phi) is 8.51. The van der Waals surface area contributed by atoms with E-state index >= 15 is 0 Å². The molecule has 1 amide bonds. The van der Waals surface area contributed by atoms with E-state index in [4.69, 9.17) is 34.8 Å². The summed E-state index contributed by atoms with van der Waals surface area (Å²) >= 11 is 16.1. The van der Waals surface area contributed by atoms with E-state index in [0.717, 1.165) is 6.08 Å². The van der Waals surface area contributed by atoms with E-state index in [9.17, 15) is 18.4 Å². The molecule has 0 radical (unpaired) electrons. The first-order chi connectivity index (χ1) is 9.54. The third-order valence-corrected chi connectivity index (χ3v) is 2.77. The molecule has 4 nitrogen and oxygen atoms in total. The van der Waals surface area contributed by atoms with Gasteiger partial charge in [-0.3, -0.25) is 4.79 Å². The molecule has 0 heterocycles. The van der Waals surface area contributed by atoms with Crippen LogP contribution in [0.3, 0.4) is 0 Å². The SMILES string of the molecule is CCCC(/C=C/C(F)(F)C(=O)OCC)NC(=O)C(Cl)(Cl)Cl. The monoisotopic (exact) mass is 365 g/mol. The Balaban J connectivity index is 4.88. The second-order valence-corrected chi connectivity index (χ2v) is 6.35. The lowest BCUT2D eigenvalue weighted by Crippen LogP contribution is -2.41. The summed E-state index contributed by atoms with van der Waals surface area (Å²) in [5, 5.41) is 2.29. The van der Waals surface area contributed by atoms with Crippen molar-refractivity contribution in [3.05, 3.63) is 12.2 Å². The number of halogens is 5. The number of rotatable bonds is 7. The van der Waals surface area contributed by atoms with Gasteiger partial charge in [-0.05, 0) is 19.4 Å². The summed E-state index contributed by atoms with van der Waals surface area (Å²) in [7, 11) is 0. The van der Waals surface area contributed by atoms with Gasteiger partial charge in [0.2, 0.25) is 0 Å². The Hall–Kier alpha value is -0.590. The van der Waals surface area contributed by atoms with Crippen LogP contribution in [0.2, 0.25) is 0 Å². The van der Waals surface area contributed by atoms with E-state index in [1.807, 2.05) is 0 Å². The van der Waals surface area contributed by atoms with Crippen LogP contribution >= 0.6 is 34.8 Å². The number of alkyl halides is 5. The fraction of sp³-hybridized carbons (Fsp3) is 0.667. The lowest BCUT2D eigenvalue weighted by atomic mass is 10.1. The highest BCUT2D eigenvalue weighted by atomic mass is 35.6. The lowest BCUT2D eigenvalue weighted by Gasteiger charge is -2.18. The molecular formula is C12H16Cl3F2NO3. The van der Waals surface area contributed by atoms with Crippen molar-refractivity contribution in [3.63, 3.8) is 0 Å². The molecule has 21 heavy (non-hydrogen) atoms. The Bertz CT molecular complexity index is 398. The summed E-state index contributed by atoms with van der Waals surface area (Å²) in [6.45, 7) is 3.04. The molecule has 0 fully saturated rings. The number of amides is 1. The van der Waals surface area contributed by atoms with Crippen LogP contribution in [0.25, 0.3) is 0 Å². The molecule has 0 aliphatic rings. The van der Waals surface area contributed by atoms with Crippen molar-refractivity contribution < 1.29 is 23.1 Å². The summed E-state index contributed by atoms with van der Waals surface area (Å²) in [5.74, 6) is -6.38. The summed E-state index contributed by atoms with van der Waals surface area (Å²) < 4.78 is 28.9. The average Bonchev–Trinajstić information content (AvgIpc) is 2.35. The van der Waals surface area contributed by atoms with Gasteiger partial charge in [0.05, 0.1) is 6.61 Å². The summed E-state index contributed by atoms with van der Waals surface area (Å²) in [5.41, 5.74) is 0. The highest BCUT2D eigenvalue weighted by molar-refractivity contribution is 6.76. The zero-order chi connectivity index (χ0) is 16.7. The summed E-state index contributed by atoms with van der Waals surface area (Å²) in [6, 6.07) is -0.793. The van der Waals surface area contributed by atoms with Gasteiger partial charge in [0.15, 0.2) is 0 Å². The molecule has 0 saturated heterocycles. The van der Waals surface area contributed by atoms with Gasteiger partial charge >= 0.3 is 11.9 Å². The maximum absolute atomic E-state index is 13.4. The summed E-state index contributed by atoms with van der Waals surface area (Å²) in [4.78, 5) is 22.5. The van der Waals surface area contributed by atoms with Crippen molar-refractivity contribution in [1.29, 1.82) is 0 Å². The number of nitrogens with one attached hydrogen (secondary N) is 1. The van der Waals surface area contributed by atoms with Gasteiger partial charge in [-0.1, -0.05) is 54.2 Å². The van der Waals surface area contributed by atoms with E-state index in [1.165, 1.54) is 6.92 Å². The minimum absolute atomic E-state index is 0.162. The largest absolute Gasteiger partial charge is 0.461 e. The third kappa shape index (κ3) is 7.83. The van der Waals surface area contributed by atoms with Crippen molar-refractivity contribution >= 4 is 46.7 Å². The van der Waals surface area contributed by atoms with E-state index in [2.05, 4.69) is 10.1 Å². The van der Waals surface area contributed by atoms with Gasteiger partial charge in [-0.25, -0.2) is 4.79 Å². The number of hydrogen-bond donors (Lipinski definition) is 1. The fourth-order valence-electron chi connectivity index (χ4n) is 1.31. The highest BCUT2D eigenvalue weighted by Crippen LogP contribution is 2.26. The minimum Gasteiger partial charge on any atom is -0.461 e. The Labute approximate surface area is 136 Å². The van der Waals surface area contributed by atoms with Crippen molar-refractivity contribution in [3.8, 4) is 0 Å². The molecule has 122 valence electrons. The smallest absolute Gasteiger partial charge is 0.381 e. The number of carbonyl (C=O) groups excluding carboxylic acids is 2. The molecule has 0 spiro atoms. The normalized spacial score (nSPS) is 14.0. The van der Waals surface area contributed by atoms with Crippen molar-refractivity contribution in [2.75, 3.05) is 6.61 Å². The maximum atomic E-state index is 13.4. The molecule has 1 atom stereocenters. The number of esters is 1. The van der Waals surface area contributed by atoms with Gasteiger partial charge in [0.1, 0.15) is 0 Å². The first kappa shape index (κ1) is 20.4. The Morgan fingerprint density at radius 2 is 1.86 bits per heavy atom. The third-order valence-electron chi connectivity index (χ3n) is 2.26. The molecule has 0 aromatic carbocycles. The Morgan fingerprint density at radius 1 is 1.29 bits per heavy atom. The molecular weight excluding hydrogens is 350 g/mol. The van der Waals surface area contributed by atoms with Gasteiger partial charge in [0.25, 0.3) is 9.70 Å². The van der Waals surface area contributed by atoms with Crippen LogP contribution < -0.4 is 5.32 Å². The second-order valence-electron chi connectivity index (χ2n) is 4.07. The van der Waals surface area contributed by atoms with Crippen LogP contribution in [-0.4, -0.2) is 34.2 Å². The fourth-order valence-corrected chi connectivity index (χ4v) is 1.47. The molecule has 1 N–H and O–H groups in total. The molecule has 9 heteroatoms. The van der Waals surface area contributed by atoms with E-state index in [-0.39, 0.29) is 6.61 Å². The van der Waals surface area contributed by atoms with Crippen molar-refractivity contribution in [2.24, 2.45) is 0 Å². The van der Waals surface area contributed by atoms with E-state index < -0.39 is 27.6 Å². The zero-order valence-electron chi connectivity index (χ0n) is 11.5. The van der Waals surface area contributed by atoms with Gasteiger partial charge in [0, 0.05) is 6.04 Å². The second kappa shape index (κ2) is 8.76. The first-order valence-electron chi connectivity index (χ1n) is 6.16. The number of carbonyl (C=O) groups is 2. The first-order valence-corrected chi connectivity index (χ1v) is 7.30. The molecule has 0 aromatic rings. The number of ether oxygens (including phenoxy) is 1. The standard InChI is InChI=1S/C12H16Cl3F2NO3/c1-3-5-8(18-9(19)12(13,14)15)6-7-11(16,17)10(20)21-4-2/h6-8H,3-5H2,1-2H3,(H,18,19)/b7-6+. The van der Waals surface area contributed by atoms with Crippen LogP contribution in [0, 0.1) is 0 Å². The van der Waals surface area contributed by atoms with Crippen molar-refractivity contribution in [2.45, 2.75) is 42.4 Å². The molecule has 0 aliphatic heterocycles. The average molecular weight is 367 g/mol. The molecule has 0 rings (SSSR count). The molecule has 0 saturated carbocycles. The topological polar surface area (TPSA) is 55.4 Å². The predicted molar refractivity (Wildman–Crippen MR) is 77.8 cm³/mol. The molecule has 0 aromatic heterocycles. The minimum atomic E-state index is -3.79. The van der Waals surface area contributed by atoms with Crippen molar-refractivity contribution in [1.82, 2.24) is 5.32 Å².